The largest absolute Gasteiger partial charge is 0.496 e. The Hall–Kier alpha value is -1.26. The summed E-state index contributed by atoms with van der Waals surface area (Å²) < 4.78 is 5.41. The molecule has 1 aromatic carbocycles. The van der Waals surface area contributed by atoms with Crippen LogP contribution < -0.4 is 10.5 Å². The first-order chi connectivity index (χ1) is 9.60. The van der Waals surface area contributed by atoms with Crippen molar-refractivity contribution in [1.29, 1.82) is 0 Å². The lowest BCUT2D eigenvalue weighted by atomic mass is 9.89. The molecule has 20 heavy (non-hydrogen) atoms. The van der Waals surface area contributed by atoms with Crippen LogP contribution in [0.5, 0.6) is 5.75 Å². The summed E-state index contributed by atoms with van der Waals surface area (Å²) in [7, 11) is 1.61. The van der Waals surface area contributed by atoms with Crippen LogP contribution in [0.2, 0.25) is 5.02 Å². The molecule has 2 unspecified atom stereocenters. The molecule has 4 nitrogen and oxygen atoms in total. The molecule has 0 aliphatic carbocycles. The van der Waals surface area contributed by atoms with Gasteiger partial charge in [0.05, 0.1) is 13.2 Å². The maximum Gasteiger partial charge on any atom is 0.223 e. The molecule has 2 rings (SSSR count). The standard InChI is InChI=1S/C15H21ClN2O2/c1-3-9-18-13(19)8-7-11(17)15(18)14-10(16)5-4-6-12(14)20-2/h4-6,11,15H,3,7-9,17H2,1-2H3. The van der Waals surface area contributed by atoms with Crippen LogP contribution in [0.3, 0.4) is 0 Å². The number of halogens is 1. The zero-order valence-electron chi connectivity index (χ0n) is 11.9. The fraction of sp³-hybridized carbons (Fsp3) is 0.533. The van der Waals surface area contributed by atoms with E-state index in [0.29, 0.717) is 30.2 Å². The zero-order chi connectivity index (χ0) is 14.7. The average molecular weight is 297 g/mol. The molecule has 1 saturated heterocycles. The molecule has 1 aliphatic heterocycles. The molecule has 1 aliphatic rings. The van der Waals surface area contributed by atoms with Gasteiger partial charge in [-0.1, -0.05) is 24.6 Å². The molecule has 0 saturated carbocycles. The van der Waals surface area contributed by atoms with Crippen LogP contribution in [0.15, 0.2) is 18.2 Å². The van der Waals surface area contributed by atoms with Gasteiger partial charge >= 0.3 is 0 Å². The molecule has 0 bridgehead atoms. The Morgan fingerprint density at radius 2 is 2.25 bits per heavy atom. The molecule has 0 spiro atoms. The molecule has 1 heterocycles. The van der Waals surface area contributed by atoms with E-state index in [1.807, 2.05) is 30.0 Å². The quantitative estimate of drug-likeness (QED) is 0.929. The maximum atomic E-state index is 12.2. The number of nitrogens with zero attached hydrogens (tertiary/aromatic N) is 1. The van der Waals surface area contributed by atoms with E-state index < -0.39 is 0 Å². The lowest BCUT2D eigenvalue weighted by Gasteiger charge is -2.40. The third-order valence-corrected chi connectivity index (χ3v) is 4.08. The van der Waals surface area contributed by atoms with Crippen LogP contribution in [-0.2, 0) is 4.79 Å². The number of methoxy groups -OCH3 is 1. The smallest absolute Gasteiger partial charge is 0.223 e. The number of piperidine rings is 1. The number of likely N-dealkylation sites (tertiary alicyclic amines) is 1. The van der Waals surface area contributed by atoms with Crippen LogP contribution in [0.1, 0.15) is 37.8 Å². The summed E-state index contributed by atoms with van der Waals surface area (Å²) in [4.78, 5) is 14.1. The Kier molecular flexibility index (Phi) is 4.89. The van der Waals surface area contributed by atoms with E-state index >= 15 is 0 Å². The van der Waals surface area contributed by atoms with Crippen molar-refractivity contribution in [3.05, 3.63) is 28.8 Å². The SMILES string of the molecule is CCCN1C(=O)CCC(N)C1c1c(Cl)cccc1OC. The summed E-state index contributed by atoms with van der Waals surface area (Å²) in [6.07, 6.45) is 2.07. The lowest BCUT2D eigenvalue weighted by molar-refractivity contribution is -0.137. The lowest BCUT2D eigenvalue weighted by Crippen LogP contribution is -2.49. The molecule has 1 fully saturated rings. The molecule has 5 heteroatoms. The number of hydrogen-bond donors (Lipinski definition) is 1. The summed E-state index contributed by atoms with van der Waals surface area (Å²) in [6.45, 7) is 2.74. The number of amides is 1. The molecule has 0 radical (unpaired) electrons. The van der Waals surface area contributed by atoms with E-state index in [1.54, 1.807) is 7.11 Å². The molecule has 110 valence electrons. The van der Waals surface area contributed by atoms with Crippen molar-refractivity contribution in [2.75, 3.05) is 13.7 Å². The first-order valence-electron chi connectivity index (χ1n) is 6.97. The predicted molar refractivity (Wildman–Crippen MR) is 80.0 cm³/mol. The minimum atomic E-state index is -0.208. The van der Waals surface area contributed by atoms with Crippen molar-refractivity contribution in [2.45, 2.75) is 38.3 Å². The normalized spacial score (nSPS) is 23.0. The fourth-order valence-corrected chi connectivity index (χ4v) is 3.11. The van der Waals surface area contributed by atoms with E-state index in [2.05, 4.69) is 0 Å². The highest BCUT2D eigenvalue weighted by Crippen LogP contribution is 2.40. The first-order valence-corrected chi connectivity index (χ1v) is 7.35. The second-order valence-electron chi connectivity index (χ2n) is 5.09. The highest BCUT2D eigenvalue weighted by Gasteiger charge is 2.37. The third kappa shape index (κ3) is 2.76. The molecule has 0 aromatic heterocycles. The van der Waals surface area contributed by atoms with Crippen LogP contribution in [0, 0.1) is 0 Å². The molecular formula is C15H21ClN2O2. The van der Waals surface area contributed by atoms with Gasteiger partial charge in [-0.3, -0.25) is 4.79 Å². The van der Waals surface area contributed by atoms with Crippen LogP contribution in [-0.4, -0.2) is 30.5 Å². The van der Waals surface area contributed by atoms with Gasteiger partial charge in [-0.15, -0.1) is 0 Å². The van der Waals surface area contributed by atoms with Crippen LogP contribution >= 0.6 is 11.6 Å². The van der Waals surface area contributed by atoms with Gasteiger partial charge in [0.2, 0.25) is 5.91 Å². The number of nitrogens with two attached hydrogens (primary N) is 1. The number of rotatable bonds is 4. The van der Waals surface area contributed by atoms with Gasteiger partial charge in [-0.2, -0.15) is 0 Å². The highest BCUT2D eigenvalue weighted by molar-refractivity contribution is 6.31. The van der Waals surface area contributed by atoms with Crippen LogP contribution in [0.4, 0.5) is 0 Å². The van der Waals surface area contributed by atoms with Gasteiger partial charge in [-0.25, -0.2) is 0 Å². The molecule has 1 aromatic rings. The molecule has 2 N–H and O–H groups in total. The number of hydrogen-bond acceptors (Lipinski definition) is 3. The topological polar surface area (TPSA) is 55.6 Å². The second kappa shape index (κ2) is 6.46. The monoisotopic (exact) mass is 296 g/mol. The highest BCUT2D eigenvalue weighted by atomic mass is 35.5. The number of ether oxygens (including phenoxy) is 1. The number of carbonyl (C=O) groups excluding carboxylic acids is 1. The third-order valence-electron chi connectivity index (χ3n) is 3.75. The van der Waals surface area contributed by atoms with Crippen molar-refractivity contribution < 1.29 is 9.53 Å². The van der Waals surface area contributed by atoms with Gasteiger partial charge in [0.15, 0.2) is 0 Å². The van der Waals surface area contributed by atoms with Crippen molar-refractivity contribution in [3.63, 3.8) is 0 Å². The van der Waals surface area contributed by atoms with E-state index in [0.717, 1.165) is 12.0 Å². The Morgan fingerprint density at radius 3 is 2.90 bits per heavy atom. The second-order valence-corrected chi connectivity index (χ2v) is 5.50. The average Bonchev–Trinajstić information content (AvgIpc) is 2.44. The Bertz CT molecular complexity index is 493. The van der Waals surface area contributed by atoms with Gasteiger partial charge < -0.3 is 15.4 Å². The summed E-state index contributed by atoms with van der Waals surface area (Å²) >= 11 is 6.35. The van der Waals surface area contributed by atoms with Crippen molar-refractivity contribution in [1.82, 2.24) is 4.90 Å². The van der Waals surface area contributed by atoms with E-state index in [-0.39, 0.29) is 18.0 Å². The Morgan fingerprint density at radius 1 is 1.50 bits per heavy atom. The van der Waals surface area contributed by atoms with Crippen molar-refractivity contribution in [3.8, 4) is 5.75 Å². The van der Waals surface area contributed by atoms with Crippen LogP contribution in [0.25, 0.3) is 0 Å². The summed E-state index contributed by atoms with van der Waals surface area (Å²) in [5.74, 6) is 0.828. The summed E-state index contributed by atoms with van der Waals surface area (Å²) in [5, 5.41) is 0.598. The van der Waals surface area contributed by atoms with Crippen molar-refractivity contribution >= 4 is 17.5 Å². The van der Waals surface area contributed by atoms with Crippen molar-refractivity contribution in [2.24, 2.45) is 5.73 Å². The number of benzene rings is 1. The Balaban J connectivity index is 2.48. The maximum absolute atomic E-state index is 12.2. The van der Waals surface area contributed by atoms with Gasteiger partial charge in [0, 0.05) is 29.6 Å². The molecule has 2 atom stereocenters. The van der Waals surface area contributed by atoms with E-state index in [1.165, 1.54) is 0 Å². The molecule has 1 amide bonds. The van der Waals surface area contributed by atoms with Gasteiger partial charge in [0.1, 0.15) is 5.75 Å². The van der Waals surface area contributed by atoms with E-state index in [9.17, 15) is 4.79 Å². The van der Waals surface area contributed by atoms with Gasteiger partial charge in [0.25, 0.3) is 0 Å². The first kappa shape index (κ1) is 15.1. The predicted octanol–water partition coefficient (Wildman–Crippen LogP) is 2.75. The summed E-state index contributed by atoms with van der Waals surface area (Å²) in [6, 6.07) is 5.19. The Labute approximate surface area is 124 Å². The minimum Gasteiger partial charge on any atom is -0.496 e. The molecular weight excluding hydrogens is 276 g/mol. The summed E-state index contributed by atoms with van der Waals surface area (Å²) in [5.41, 5.74) is 7.10. The minimum absolute atomic E-state index is 0.118. The number of carbonyl (C=O) groups is 1. The van der Waals surface area contributed by atoms with E-state index in [4.69, 9.17) is 22.1 Å². The zero-order valence-corrected chi connectivity index (χ0v) is 12.7. The van der Waals surface area contributed by atoms with Gasteiger partial charge in [-0.05, 0) is 25.0 Å². The fourth-order valence-electron chi connectivity index (χ4n) is 2.83.